The Balaban J connectivity index is 2.11. The Bertz CT molecular complexity index is 1040. The van der Waals surface area contributed by atoms with Crippen LogP contribution in [0.4, 0.5) is 11.4 Å². The molecule has 3 rings (SSSR count). The number of pyridine rings is 1. The van der Waals surface area contributed by atoms with E-state index in [4.69, 9.17) is 0 Å². The second-order valence-corrected chi connectivity index (χ2v) is 6.87. The van der Waals surface area contributed by atoms with Crippen LogP contribution in [0.2, 0.25) is 0 Å². The first kappa shape index (κ1) is 15.9. The highest BCUT2D eigenvalue weighted by atomic mass is 32.2. The summed E-state index contributed by atoms with van der Waals surface area (Å²) in [7, 11) is -4.03. The van der Waals surface area contributed by atoms with Crippen LogP contribution in [0.15, 0.2) is 59.6 Å². The highest BCUT2D eigenvalue weighted by Crippen LogP contribution is 2.29. The molecule has 7 nitrogen and oxygen atoms in total. The van der Waals surface area contributed by atoms with Gasteiger partial charge in [-0.05, 0) is 30.7 Å². The minimum Gasteiger partial charge on any atom is -0.273 e. The number of benzene rings is 2. The van der Waals surface area contributed by atoms with Gasteiger partial charge in [0.25, 0.3) is 15.7 Å². The van der Waals surface area contributed by atoms with E-state index >= 15 is 0 Å². The van der Waals surface area contributed by atoms with E-state index in [1.165, 1.54) is 24.4 Å². The number of aryl methyl sites for hydroxylation is 1. The Kier molecular flexibility index (Phi) is 3.90. The monoisotopic (exact) mass is 343 g/mol. The van der Waals surface area contributed by atoms with Crippen molar-refractivity contribution in [2.75, 3.05) is 4.72 Å². The Labute approximate surface area is 138 Å². The molecule has 0 aliphatic heterocycles. The van der Waals surface area contributed by atoms with Gasteiger partial charge >= 0.3 is 0 Å². The molecule has 0 unspecified atom stereocenters. The lowest BCUT2D eigenvalue weighted by atomic mass is 10.2. The van der Waals surface area contributed by atoms with Crippen LogP contribution in [-0.2, 0) is 10.0 Å². The summed E-state index contributed by atoms with van der Waals surface area (Å²) < 4.78 is 27.7. The molecule has 0 spiro atoms. The summed E-state index contributed by atoms with van der Waals surface area (Å²) in [5, 5.41) is 11.8. The van der Waals surface area contributed by atoms with Gasteiger partial charge in [0, 0.05) is 17.6 Å². The summed E-state index contributed by atoms with van der Waals surface area (Å²) in [6.45, 7) is 1.69. The van der Waals surface area contributed by atoms with Gasteiger partial charge in [-0.25, -0.2) is 8.42 Å². The minimum atomic E-state index is -4.03. The van der Waals surface area contributed by atoms with Gasteiger partial charge in [0.1, 0.15) is 10.6 Å². The number of sulfonamides is 1. The molecule has 3 aromatic rings. The van der Waals surface area contributed by atoms with E-state index in [9.17, 15) is 18.5 Å². The fraction of sp³-hybridized carbons (Fsp3) is 0.0625. The van der Waals surface area contributed by atoms with Crippen LogP contribution in [-0.4, -0.2) is 18.3 Å². The van der Waals surface area contributed by atoms with Gasteiger partial charge in [-0.2, -0.15) is 0 Å². The molecule has 0 aliphatic carbocycles. The summed E-state index contributed by atoms with van der Waals surface area (Å²) in [5.74, 6) is 0. The van der Waals surface area contributed by atoms with Crippen molar-refractivity contribution in [3.05, 3.63) is 70.4 Å². The van der Waals surface area contributed by atoms with Gasteiger partial charge in [-0.15, -0.1) is 0 Å². The lowest BCUT2D eigenvalue weighted by molar-refractivity contribution is -0.383. The molecule has 0 fully saturated rings. The van der Waals surface area contributed by atoms with Crippen LogP contribution in [0.5, 0.6) is 0 Å². The van der Waals surface area contributed by atoms with Crippen molar-refractivity contribution in [3.8, 4) is 0 Å². The third-order valence-corrected chi connectivity index (χ3v) is 4.88. The zero-order valence-corrected chi connectivity index (χ0v) is 13.4. The zero-order valence-electron chi connectivity index (χ0n) is 12.6. The number of nitro groups is 1. The molecule has 2 aromatic carbocycles. The molecule has 0 saturated heterocycles. The van der Waals surface area contributed by atoms with Crippen LogP contribution in [0.1, 0.15) is 5.56 Å². The fourth-order valence-electron chi connectivity index (χ4n) is 2.37. The fourth-order valence-corrected chi connectivity index (χ4v) is 3.63. The molecule has 0 aliphatic rings. The molecule has 0 bridgehead atoms. The second-order valence-electron chi connectivity index (χ2n) is 5.21. The largest absolute Gasteiger partial charge is 0.293 e. The van der Waals surface area contributed by atoms with Gasteiger partial charge in [0.2, 0.25) is 0 Å². The molecule has 1 aromatic heterocycles. The quantitative estimate of drug-likeness (QED) is 0.578. The summed E-state index contributed by atoms with van der Waals surface area (Å²) >= 11 is 0. The molecular weight excluding hydrogens is 330 g/mol. The minimum absolute atomic E-state index is 0.0320. The van der Waals surface area contributed by atoms with Crippen molar-refractivity contribution < 1.29 is 13.3 Å². The lowest BCUT2D eigenvalue weighted by Crippen LogP contribution is -2.15. The van der Waals surface area contributed by atoms with Crippen LogP contribution in [0.3, 0.4) is 0 Å². The van der Waals surface area contributed by atoms with Crippen LogP contribution in [0.25, 0.3) is 10.9 Å². The Morgan fingerprint density at radius 2 is 1.88 bits per heavy atom. The Morgan fingerprint density at radius 1 is 1.12 bits per heavy atom. The highest BCUT2D eigenvalue weighted by molar-refractivity contribution is 7.93. The first-order valence-corrected chi connectivity index (χ1v) is 8.48. The number of rotatable bonds is 4. The molecule has 24 heavy (non-hydrogen) atoms. The first-order chi connectivity index (χ1) is 11.4. The molecule has 1 heterocycles. The first-order valence-electron chi connectivity index (χ1n) is 7.00. The number of para-hydroxylation sites is 1. The summed E-state index contributed by atoms with van der Waals surface area (Å²) in [4.78, 5) is 14.6. The van der Waals surface area contributed by atoms with E-state index in [0.717, 1.165) is 0 Å². The molecule has 1 N–H and O–H groups in total. The van der Waals surface area contributed by atoms with Gasteiger partial charge < -0.3 is 0 Å². The van der Waals surface area contributed by atoms with Gasteiger partial charge in [0.15, 0.2) is 0 Å². The van der Waals surface area contributed by atoms with Gasteiger partial charge in [-0.3, -0.25) is 19.8 Å². The van der Waals surface area contributed by atoms with E-state index < -0.39 is 14.9 Å². The maximum atomic E-state index is 12.7. The predicted octanol–water partition coefficient (Wildman–Crippen LogP) is 3.25. The smallest absolute Gasteiger partial charge is 0.273 e. The lowest BCUT2D eigenvalue weighted by Gasteiger charge is -2.10. The number of nitro benzene ring substituents is 1. The Morgan fingerprint density at radius 3 is 2.62 bits per heavy atom. The standard InChI is InChI=1S/C16H13N3O4S/c1-11-7-8-13(14(10-11)19(20)21)18-24(22,23)15-6-2-4-12-5-3-9-17-16(12)15/h2-10,18H,1H3. The maximum absolute atomic E-state index is 12.7. The molecule has 0 atom stereocenters. The number of aromatic nitrogens is 1. The topological polar surface area (TPSA) is 102 Å². The number of anilines is 1. The number of nitrogens with zero attached hydrogens (tertiary/aromatic N) is 2. The van der Waals surface area contributed by atoms with Crippen molar-refractivity contribution in [1.82, 2.24) is 4.98 Å². The molecule has 0 saturated carbocycles. The number of hydrogen-bond acceptors (Lipinski definition) is 5. The zero-order chi connectivity index (χ0) is 17.3. The average molecular weight is 343 g/mol. The van der Waals surface area contributed by atoms with E-state index in [0.29, 0.717) is 16.5 Å². The summed E-state index contributed by atoms with van der Waals surface area (Å²) in [6, 6.07) is 12.5. The van der Waals surface area contributed by atoms with Crippen molar-refractivity contribution in [1.29, 1.82) is 0 Å². The highest BCUT2D eigenvalue weighted by Gasteiger charge is 2.23. The Hall–Kier alpha value is -3.00. The average Bonchev–Trinajstić information content (AvgIpc) is 2.55. The maximum Gasteiger partial charge on any atom is 0.293 e. The van der Waals surface area contributed by atoms with Crippen LogP contribution in [0, 0.1) is 17.0 Å². The third-order valence-electron chi connectivity index (χ3n) is 3.48. The predicted molar refractivity (Wildman–Crippen MR) is 90.4 cm³/mol. The van der Waals surface area contributed by atoms with Crippen LogP contribution < -0.4 is 4.72 Å². The molecule has 122 valence electrons. The second kappa shape index (κ2) is 5.89. The van der Waals surface area contributed by atoms with E-state index in [1.807, 2.05) is 0 Å². The number of fused-ring (bicyclic) bond motifs is 1. The molecule has 0 amide bonds. The van der Waals surface area contributed by atoms with Gasteiger partial charge in [-0.1, -0.05) is 24.3 Å². The van der Waals surface area contributed by atoms with Crippen molar-refractivity contribution in [3.63, 3.8) is 0 Å². The number of nitrogens with one attached hydrogen (secondary N) is 1. The summed E-state index contributed by atoms with van der Waals surface area (Å²) in [5.41, 5.74) is 0.587. The van der Waals surface area contributed by atoms with E-state index in [-0.39, 0.29) is 16.3 Å². The summed E-state index contributed by atoms with van der Waals surface area (Å²) in [6.07, 6.45) is 1.50. The SMILES string of the molecule is Cc1ccc(NS(=O)(=O)c2cccc3cccnc23)c([N+](=O)[O-])c1. The third kappa shape index (κ3) is 2.91. The van der Waals surface area contributed by atoms with Crippen molar-refractivity contribution in [2.45, 2.75) is 11.8 Å². The molecular formula is C16H13N3O4S. The van der Waals surface area contributed by atoms with E-state index in [2.05, 4.69) is 9.71 Å². The molecule has 8 heteroatoms. The number of hydrogen-bond donors (Lipinski definition) is 1. The van der Waals surface area contributed by atoms with Crippen LogP contribution >= 0.6 is 0 Å². The van der Waals surface area contributed by atoms with Crippen molar-refractivity contribution in [2.24, 2.45) is 0 Å². The van der Waals surface area contributed by atoms with E-state index in [1.54, 1.807) is 37.3 Å². The van der Waals surface area contributed by atoms with Gasteiger partial charge in [0.05, 0.1) is 10.4 Å². The van der Waals surface area contributed by atoms with Crippen molar-refractivity contribution >= 4 is 32.3 Å². The normalized spacial score (nSPS) is 11.4. The molecule has 0 radical (unpaired) electrons.